The van der Waals surface area contributed by atoms with E-state index in [1.807, 2.05) is 0 Å². The Bertz CT molecular complexity index is 536. The zero-order valence-electron chi connectivity index (χ0n) is 8.93. The molecule has 0 aliphatic heterocycles. The van der Waals surface area contributed by atoms with E-state index in [9.17, 15) is 8.78 Å². The van der Waals surface area contributed by atoms with E-state index in [4.69, 9.17) is 11.6 Å². The first-order chi connectivity index (χ1) is 8.49. The van der Waals surface area contributed by atoms with Crippen molar-refractivity contribution in [3.63, 3.8) is 0 Å². The summed E-state index contributed by atoms with van der Waals surface area (Å²) in [6.07, 6.45) is 0. The van der Waals surface area contributed by atoms with Gasteiger partial charge in [-0.1, -0.05) is 43.5 Å². The van der Waals surface area contributed by atoms with Crippen LogP contribution in [0.25, 0.3) is 0 Å². The fourth-order valence-corrected chi connectivity index (χ4v) is 3.05. The van der Waals surface area contributed by atoms with Crippen LogP contribution in [0.3, 0.4) is 0 Å². The van der Waals surface area contributed by atoms with E-state index < -0.39 is 16.5 Å². The predicted molar refractivity (Wildman–Crippen MR) is 76.3 cm³/mol. The Kier molecular flexibility index (Phi) is 4.41. The van der Waals surface area contributed by atoms with Crippen LogP contribution < -0.4 is 0 Å². The molecule has 0 aliphatic rings. The monoisotopic (exact) mass is 394 g/mol. The van der Waals surface area contributed by atoms with Crippen molar-refractivity contribution < 1.29 is 8.78 Å². The fourth-order valence-electron chi connectivity index (χ4n) is 1.59. The van der Waals surface area contributed by atoms with Gasteiger partial charge in [-0.05, 0) is 42.0 Å². The highest BCUT2D eigenvalue weighted by Crippen LogP contribution is 2.37. The number of alkyl halides is 1. The molecular weight excluding hydrogens is 389 g/mol. The SMILES string of the molecule is Fc1ccc(F)c(C(Br)c2cc(Br)ccc2Cl)c1. The molecule has 0 spiro atoms. The minimum atomic E-state index is -0.502. The molecular formula is C13H7Br2ClF2. The molecule has 0 saturated carbocycles. The number of hydrogen-bond donors (Lipinski definition) is 0. The van der Waals surface area contributed by atoms with E-state index in [1.165, 1.54) is 0 Å². The van der Waals surface area contributed by atoms with Crippen LogP contribution in [0, 0.1) is 11.6 Å². The fraction of sp³-hybridized carbons (Fsp3) is 0.0769. The Morgan fingerprint density at radius 1 is 1.00 bits per heavy atom. The van der Waals surface area contributed by atoms with Gasteiger partial charge in [-0.3, -0.25) is 0 Å². The van der Waals surface area contributed by atoms with Gasteiger partial charge in [-0.25, -0.2) is 8.78 Å². The first-order valence-corrected chi connectivity index (χ1v) is 7.11. The predicted octanol–water partition coefficient (Wildman–Crippen LogP) is 5.87. The summed E-state index contributed by atoms with van der Waals surface area (Å²) >= 11 is 12.7. The molecule has 0 amide bonds. The van der Waals surface area contributed by atoms with Crippen molar-refractivity contribution in [2.75, 3.05) is 0 Å². The maximum Gasteiger partial charge on any atom is 0.128 e. The Labute approximate surface area is 125 Å². The number of rotatable bonds is 2. The van der Waals surface area contributed by atoms with Gasteiger partial charge >= 0.3 is 0 Å². The second-order valence-electron chi connectivity index (χ2n) is 3.69. The smallest absolute Gasteiger partial charge is 0.128 e. The summed E-state index contributed by atoms with van der Waals surface area (Å²) in [5, 5.41) is 0.490. The van der Waals surface area contributed by atoms with Crippen molar-refractivity contribution in [1.29, 1.82) is 0 Å². The molecule has 0 saturated heterocycles. The highest BCUT2D eigenvalue weighted by molar-refractivity contribution is 9.10. The molecule has 0 aliphatic carbocycles. The zero-order chi connectivity index (χ0) is 13.3. The van der Waals surface area contributed by atoms with Crippen molar-refractivity contribution >= 4 is 43.5 Å². The molecule has 0 N–H and O–H groups in total. The van der Waals surface area contributed by atoms with E-state index in [0.29, 0.717) is 10.6 Å². The summed E-state index contributed by atoms with van der Waals surface area (Å²) in [4.78, 5) is -0.502. The van der Waals surface area contributed by atoms with Gasteiger partial charge in [0.05, 0.1) is 4.83 Å². The average Bonchev–Trinajstić information content (AvgIpc) is 2.34. The van der Waals surface area contributed by atoms with Gasteiger partial charge in [0.2, 0.25) is 0 Å². The van der Waals surface area contributed by atoms with Gasteiger partial charge in [0.1, 0.15) is 11.6 Å². The molecule has 1 atom stereocenters. The molecule has 94 valence electrons. The van der Waals surface area contributed by atoms with Crippen LogP contribution in [0.4, 0.5) is 8.78 Å². The Balaban J connectivity index is 2.50. The van der Waals surface area contributed by atoms with Crippen LogP contribution in [0.5, 0.6) is 0 Å². The number of benzene rings is 2. The molecule has 0 aromatic heterocycles. The van der Waals surface area contributed by atoms with E-state index in [2.05, 4.69) is 31.9 Å². The number of hydrogen-bond acceptors (Lipinski definition) is 0. The van der Waals surface area contributed by atoms with Gasteiger partial charge in [0.15, 0.2) is 0 Å². The average molecular weight is 396 g/mol. The van der Waals surface area contributed by atoms with Crippen LogP contribution in [-0.2, 0) is 0 Å². The molecule has 18 heavy (non-hydrogen) atoms. The molecule has 5 heteroatoms. The molecule has 0 nitrogen and oxygen atoms in total. The third kappa shape index (κ3) is 2.92. The van der Waals surface area contributed by atoms with Crippen LogP contribution in [0.2, 0.25) is 5.02 Å². The van der Waals surface area contributed by atoms with Crippen LogP contribution in [-0.4, -0.2) is 0 Å². The molecule has 2 rings (SSSR count). The van der Waals surface area contributed by atoms with E-state index in [0.717, 1.165) is 22.7 Å². The van der Waals surface area contributed by atoms with E-state index >= 15 is 0 Å². The van der Waals surface area contributed by atoms with Crippen molar-refractivity contribution in [2.45, 2.75) is 4.83 Å². The molecule has 2 aromatic rings. The minimum Gasteiger partial charge on any atom is -0.207 e. The van der Waals surface area contributed by atoms with Gasteiger partial charge in [0.25, 0.3) is 0 Å². The second kappa shape index (κ2) is 5.68. The second-order valence-corrected chi connectivity index (χ2v) is 5.93. The first-order valence-electron chi connectivity index (χ1n) is 5.03. The molecule has 0 radical (unpaired) electrons. The maximum atomic E-state index is 13.7. The van der Waals surface area contributed by atoms with Gasteiger partial charge < -0.3 is 0 Å². The van der Waals surface area contributed by atoms with Crippen LogP contribution in [0.15, 0.2) is 40.9 Å². The topological polar surface area (TPSA) is 0 Å². The summed E-state index contributed by atoms with van der Waals surface area (Å²) in [5.74, 6) is -0.962. The quantitative estimate of drug-likeness (QED) is 0.558. The summed E-state index contributed by atoms with van der Waals surface area (Å²) in [5.41, 5.74) is 0.894. The summed E-state index contributed by atoms with van der Waals surface area (Å²) in [7, 11) is 0. The largest absolute Gasteiger partial charge is 0.207 e. The van der Waals surface area contributed by atoms with Crippen LogP contribution >= 0.6 is 43.5 Å². The molecule has 0 heterocycles. The third-order valence-electron chi connectivity index (χ3n) is 2.46. The summed E-state index contributed by atoms with van der Waals surface area (Å²) in [6, 6.07) is 8.60. The molecule has 1 unspecified atom stereocenters. The molecule has 2 aromatic carbocycles. The lowest BCUT2D eigenvalue weighted by atomic mass is 10.0. The van der Waals surface area contributed by atoms with Crippen molar-refractivity contribution in [3.8, 4) is 0 Å². The van der Waals surface area contributed by atoms with Crippen LogP contribution in [0.1, 0.15) is 16.0 Å². The normalized spacial score (nSPS) is 12.5. The van der Waals surface area contributed by atoms with Crippen molar-refractivity contribution in [3.05, 3.63) is 68.7 Å². The highest BCUT2D eigenvalue weighted by Gasteiger charge is 2.18. The maximum absolute atomic E-state index is 13.7. The Morgan fingerprint density at radius 2 is 1.72 bits per heavy atom. The van der Waals surface area contributed by atoms with Gasteiger partial charge in [-0.2, -0.15) is 0 Å². The lowest BCUT2D eigenvalue weighted by Gasteiger charge is -2.14. The van der Waals surface area contributed by atoms with E-state index in [1.54, 1.807) is 18.2 Å². The number of halogens is 5. The third-order valence-corrected chi connectivity index (χ3v) is 4.29. The molecule has 0 fully saturated rings. The summed E-state index contributed by atoms with van der Waals surface area (Å²) < 4.78 is 27.7. The minimum absolute atomic E-state index is 0.218. The first kappa shape index (κ1) is 14.0. The standard InChI is InChI=1S/C13H7Br2ClF2/c14-7-1-3-11(16)9(5-7)13(15)10-6-8(17)2-4-12(10)18/h1-6,13H. The highest BCUT2D eigenvalue weighted by atomic mass is 79.9. The lowest BCUT2D eigenvalue weighted by Crippen LogP contribution is -1.98. The lowest BCUT2D eigenvalue weighted by molar-refractivity contribution is 0.588. The van der Waals surface area contributed by atoms with Gasteiger partial charge in [-0.15, -0.1) is 0 Å². The van der Waals surface area contributed by atoms with Crippen molar-refractivity contribution in [1.82, 2.24) is 0 Å². The summed E-state index contributed by atoms with van der Waals surface area (Å²) in [6.45, 7) is 0. The van der Waals surface area contributed by atoms with Crippen molar-refractivity contribution in [2.24, 2.45) is 0 Å². The van der Waals surface area contributed by atoms with E-state index in [-0.39, 0.29) is 5.56 Å². The molecule has 0 bridgehead atoms. The zero-order valence-corrected chi connectivity index (χ0v) is 12.9. The Hall–Kier alpha value is -0.450. The Morgan fingerprint density at radius 3 is 2.44 bits per heavy atom. The van der Waals surface area contributed by atoms with Gasteiger partial charge in [0, 0.05) is 15.1 Å².